The number of hydrogen-bond acceptors (Lipinski definition) is 1. The maximum Gasteiger partial charge on any atom is 0.120 e. The monoisotopic (exact) mass is 214 g/mol. The third kappa shape index (κ3) is 4.82. The summed E-state index contributed by atoms with van der Waals surface area (Å²) in [6.07, 6.45) is 5.25. The molecule has 1 N–H and O–H groups in total. The van der Waals surface area contributed by atoms with Crippen molar-refractivity contribution in [2.45, 2.75) is 32.8 Å². The van der Waals surface area contributed by atoms with Gasteiger partial charge in [0.05, 0.1) is 0 Å². The van der Waals surface area contributed by atoms with Crippen molar-refractivity contribution in [1.82, 2.24) is 0 Å². The molecule has 1 rings (SSSR count). The van der Waals surface area contributed by atoms with Crippen LogP contribution in [0, 0.1) is 11.8 Å². The molecule has 1 aromatic carbocycles. The first kappa shape index (κ1) is 12.5. The second-order valence-corrected chi connectivity index (χ2v) is 4.24. The lowest BCUT2D eigenvalue weighted by Gasteiger charge is -2.05. The SMILES string of the molecule is CC/C=C/c1ccc(C#CC(C)(C)O)cc1. The molecule has 0 aromatic heterocycles. The van der Waals surface area contributed by atoms with Gasteiger partial charge in [0, 0.05) is 5.56 Å². The predicted molar refractivity (Wildman–Crippen MR) is 68.9 cm³/mol. The first-order valence-electron chi connectivity index (χ1n) is 5.53. The molecule has 1 aromatic rings. The quantitative estimate of drug-likeness (QED) is 0.749. The van der Waals surface area contributed by atoms with Gasteiger partial charge in [0.25, 0.3) is 0 Å². The van der Waals surface area contributed by atoms with Crippen LogP contribution in [0.3, 0.4) is 0 Å². The highest BCUT2D eigenvalue weighted by Gasteiger charge is 2.05. The van der Waals surface area contributed by atoms with Crippen LogP contribution in [0.15, 0.2) is 30.3 Å². The van der Waals surface area contributed by atoms with Crippen LogP contribution < -0.4 is 0 Å². The zero-order valence-electron chi connectivity index (χ0n) is 10.1. The Balaban J connectivity index is 2.78. The summed E-state index contributed by atoms with van der Waals surface area (Å²) in [5, 5.41) is 9.46. The van der Waals surface area contributed by atoms with Gasteiger partial charge in [0.1, 0.15) is 5.60 Å². The molecule has 0 fully saturated rings. The van der Waals surface area contributed by atoms with Crippen LogP contribution in [0.1, 0.15) is 38.3 Å². The zero-order valence-corrected chi connectivity index (χ0v) is 10.1. The molecule has 0 unspecified atom stereocenters. The summed E-state index contributed by atoms with van der Waals surface area (Å²) in [7, 11) is 0. The molecule has 0 saturated heterocycles. The van der Waals surface area contributed by atoms with Crippen LogP contribution >= 0.6 is 0 Å². The van der Waals surface area contributed by atoms with Crippen molar-refractivity contribution in [2.24, 2.45) is 0 Å². The van der Waals surface area contributed by atoms with Crippen LogP contribution in [0.2, 0.25) is 0 Å². The van der Waals surface area contributed by atoms with Crippen LogP contribution in [0.4, 0.5) is 0 Å². The first-order valence-corrected chi connectivity index (χ1v) is 5.53. The average Bonchev–Trinajstić information content (AvgIpc) is 2.24. The maximum absolute atomic E-state index is 9.46. The maximum atomic E-state index is 9.46. The Kier molecular flexibility index (Phi) is 4.34. The van der Waals surface area contributed by atoms with Crippen molar-refractivity contribution in [3.63, 3.8) is 0 Å². The fraction of sp³-hybridized carbons (Fsp3) is 0.333. The van der Waals surface area contributed by atoms with E-state index in [0.29, 0.717) is 0 Å². The van der Waals surface area contributed by atoms with Gasteiger partial charge in [0.2, 0.25) is 0 Å². The largest absolute Gasteiger partial charge is 0.378 e. The molecule has 0 bridgehead atoms. The van der Waals surface area contributed by atoms with Gasteiger partial charge in [0.15, 0.2) is 0 Å². The molecule has 0 amide bonds. The van der Waals surface area contributed by atoms with Crippen LogP contribution in [-0.2, 0) is 0 Å². The van der Waals surface area contributed by atoms with E-state index >= 15 is 0 Å². The molecule has 0 saturated carbocycles. The Labute approximate surface area is 97.8 Å². The highest BCUT2D eigenvalue weighted by atomic mass is 16.3. The van der Waals surface area contributed by atoms with E-state index in [1.165, 1.54) is 5.56 Å². The predicted octanol–water partition coefficient (Wildman–Crippen LogP) is 3.23. The summed E-state index contributed by atoms with van der Waals surface area (Å²) >= 11 is 0. The van der Waals surface area contributed by atoms with E-state index in [2.05, 4.69) is 30.9 Å². The Morgan fingerprint density at radius 3 is 2.38 bits per heavy atom. The van der Waals surface area contributed by atoms with Gasteiger partial charge in [-0.25, -0.2) is 0 Å². The van der Waals surface area contributed by atoms with Crippen LogP contribution in [0.25, 0.3) is 6.08 Å². The van der Waals surface area contributed by atoms with Gasteiger partial charge in [-0.05, 0) is 38.0 Å². The number of allylic oxidation sites excluding steroid dienone is 1. The number of benzene rings is 1. The van der Waals surface area contributed by atoms with Crippen molar-refractivity contribution >= 4 is 6.08 Å². The summed E-state index contributed by atoms with van der Waals surface area (Å²) in [6, 6.07) is 7.99. The smallest absolute Gasteiger partial charge is 0.120 e. The lowest BCUT2D eigenvalue weighted by Crippen LogP contribution is -2.14. The topological polar surface area (TPSA) is 20.2 Å². The average molecular weight is 214 g/mol. The van der Waals surface area contributed by atoms with E-state index < -0.39 is 5.60 Å². The third-order valence-corrected chi connectivity index (χ3v) is 1.97. The van der Waals surface area contributed by atoms with E-state index in [1.807, 2.05) is 24.3 Å². The molecule has 1 heteroatoms. The van der Waals surface area contributed by atoms with Gasteiger partial charge in [-0.1, -0.05) is 43.0 Å². The van der Waals surface area contributed by atoms with Crippen molar-refractivity contribution < 1.29 is 5.11 Å². The van der Waals surface area contributed by atoms with Crippen molar-refractivity contribution in [3.05, 3.63) is 41.5 Å². The summed E-state index contributed by atoms with van der Waals surface area (Å²) in [6.45, 7) is 5.47. The standard InChI is InChI=1S/C15H18O/c1-4-5-6-13-7-9-14(10-8-13)11-12-15(2,3)16/h5-10,16H,4H2,1-3H3/b6-5+. The minimum absolute atomic E-state index is 0.927. The van der Waals surface area contributed by atoms with Crippen LogP contribution in [-0.4, -0.2) is 10.7 Å². The molecular formula is C15H18O. The van der Waals surface area contributed by atoms with E-state index in [1.54, 1.807) is 13.8 Å². The van der Waals surface area contributed by atoms with Gasteiger partial charge in [-0.15, -0.1) is 0 Å². The highest BCUT2D eigenvalue weighted by molar-refractivity contribution is 5.51. The number of aliphatic hydroxyl groups is 1. The lowest BCUT2D eigenvalue weighted by molar-refractivity contribution is 0.143. The van der Waals surface area contributed by atoms with E-state index in [4.69, 9.17) is 0 Å². The fourth-order valence-electron chi connectivity index (χ4n) is 1.16. The minimum Gasteiger partial charge on any atom is -0.378 e. The Morgan fingerprint density at radius 1 is 1.25 bits per heavy atom. The third-order valence-electron chi connectivity index (χ3n) is 1.97. The molecule has 0 atom stereocenters. The molecule has 0 aliphatic rings. The van der Waals surface area contributed by atoms with Gasteiger partial charge in [-0.2, -0.15) is 0 Å². The van der Waals surface area contributed by atoms with Crippen LogP contribution in [0.5, 0.6) is 0 Å². The molecule has 0 radical (unpaired) electrons. The van der Waals surface area contributed by atoms with Crippen molar-refractivity contribution in [2.75, 3.05) is 0 Å². The van der Waals surface area contributed by atoms with Gasteiger partial charge < -0.3 is 5.11 Å². The first-order chi connectivity index (χ1) is 7.51. The minimum atomic E-state index is -0.930. The normalized spacial score (nSPS) is 11.2. The lowest BCUT2D eigenvalue weighted by atomic mass is 10.1. The van der Waals surface area contributed by atoms with Gasteiger partial charge in [-0.3, -0.25) is 0 Å². The second kappa shape index (κ2) is 5.53. The molecule has 84 valence electrons. The van der Waals surface area contributed by atoms with E-state index in [-0.39, 0.29) is 0 Å². The number of hydrogen-bond donors (Lipinski definition) is 1. The Bertz CT molecular complexity index is 407. The summed E-state index contributed by atoms with van der Waals surface area (Å²) in [5.74, 6) is 5.73. The fourth-order valence-corrected chi connectivity index (χ4v) is 1.16. The second-order valence-electron chi connectivity index (χ2n) is 4.24. The number of rotatable bonds is 2. The summed E-state index contributed by atoms with van der Waals surface area (Å²) in [5.41, 5.74) is 1.17. The molecule has 0 spiro atoms. The van der Waals surface area contributed by atoms with E-state index in [9.17, 15) is 5.11 Å². The Morgan fingerprint density at radius 2 is 1.88 bits per heavy atom. The molecular weight excluding hydrogens is 196 g/mol. The summed E-state index contributed by atoms with van der Waals surface area (Å²) in [4.78, 5) is 0. The molecule has 0 heterocycles. The van der Waals surface area contributed by atoms with E-state index in [0.717, 1.165) is 12.0 Å². The molecule has 0 aliphatic carbocycles. The molecule has 16 heavy (non-hydrogen) atoms. The highest BCUT2D eigenvalue weighted by Crippen LogP contribution is 2.06. The zero-order chi connectivity index (χ0) is 12.0. The van der Waals surface area contributed by atoms with Gasteiger partial charge >= 0.3 is 0 Å². The van der Waals surface area contributed by atoms with Crippen molar-refractivity contribution in [1.29, 1.82) is 0 Å². The molecule has 0 aliphatic heterocycles. The Hall–Kier alpha value is -1.52. The summed E-state index contributed by atoms with van der Waals surface area (Å²) < 4.78 is 0. The van der Waals surface area contributed by atoms with Crippen molar-refractivity contribution in [3.8, 4) is 11.8 Å². The molecule has 1 nitrogen and oxygen atoms in total.